The van der Waals surface area contributed by atoms with E-state index in [4.69, 9.17) is 16.7 Å². The first-order chi connectivity index (χ1) is 4.18. The summed E-state index contributed by atoms with van der Waals surface area (Å²) in [5, 5.41) is 10.5. The molecule has 1 N–H and O–H groups in total. The van der Waals surface area contributed by atoms with E-state index in [-0.39, 0.29) is 0 Å². The molecule has 0 aliphatic heterocycles. The number of halogens is 1. The molecule has 0 radical (unpaired) electrons. The predicted octanol–water partition coefficient (Wildman–Crippen LogP) is 0.660. The first kappa shape index (κ1) is 8.23. The van der Waals surface area contributed by atoms with Gasteiger partial charge < -0.3 is 9.94 Å². The van der Waals surface area contributed by atoms with Crippen LogP contribution in [0.4, 0.5) is 0 Å². The Hall–Kier alpha value is -0.770. The Labute approximate surface area is 57.1 Å². The maximum Gasteiger partial charge on any atom is 0.369 e. The Balaban J connectivity index is 3.69. The van der Waals surface area contributed by atoms with Crippen LogP contribution in [0.5, 0.6) is 0 Å². The molecule has 9 heavy (non-hydrogen) atoms. The lowest BCUT2D eigenvalue weighted by Gasteiger charge is -1.90. The van der Waals surface area contributed by atoms with Crippen LogP contribution in [0.2, 0.25) is 0 Å². The summed E-state index contributed by atoms with van der Waals surface area (Å²) in [6, 6.07) is 0. The van der Waals surface area contributed by atoms with E-state index in [1.165, 1.54) is 0 Å². The molecule has 0 fully saturated rings. The Kier molecular flexibility index (Phi) is 3.79. The van der Waals surface area contributed by atoms with Gasteiger partial charge >= 0.3 is 5.97 Å². The number of nitrogens with zero attached hydrogens (tertiary/aromatic N) is 1. The van der Waals surface area contributed by atoms with Crippen molar-refractivity contribution in [1.29, 1.82) is 0 Å². The summed E-state index contributed by atoms with van der Waals surface area (Å²) in [6.07, 6.45) is 0. The average Bonchev–Trinajstić information content (AvgIpc) is 1.82. The number of hydrogen-bond acceptors (Lipinski definition) is 3. The van der Waals surface area contributed by atoms with E-state index in [1.807, 2.05) is 0 Å². The molecule has 4 nitrogen and oxygen atoms in total. The second-order valence-electron chi connectivity index (χ2n) is 1.11. The molecule has 0 spiro atoms. The first-order valence-electron chi connectivity index (χ1n) is 2.27. The molecule has 0 aliphatic carbocycles. The molecule has 0 heterocycles. The summed E-state index contributed by atoms with van der Waals surface area (Å²) < 4.78 is 0. The smallest absolute Gasteiger partial charge is 0.369 e. The number of carboxylic acids is 1. The van der Waals surface area contributed by atoms with E-state index < -0.39 is 11.1 Å². The van der Waals surface area contributed by atoms with E-state index >= 15 is 0 Å². The van der Waals surface area contributed by atoms with E-state index in [1.54, 1.807) is 6.92 Å². The van der Waals surface area contributed by atoms with Gasteiger partial charge in [-0.15, -0.1) is 0 Å². The summed E-state index contributed by atoms with van der Waals surface area (Å²) in [5.74, 6) is -1.29. The molecule has 0 aromatic rings. The van der Waals surface area contributed by atoms with E-state index in [9.17, 15) is 4.79 Å². The van der Waals surface area contributed by atoms with Crippen LogP contribution in [0.3, 0.4) is 0 Å². The van der Waals surface area contributed by atoms with E-state index in [2.05, 4.69) is 9.99 Å². The number of oxime groups is 1. The molecule has 0 amide bonds. The van der Waals surface area contributed by atoms with Crippen LogP contribution >= 0.6 is 11.6 Å². The molecule has 0 aromatic carbocycles. The second kappa shape index (κ2) is 4.14. The Bertz CT molecular complexity index is 134. The maximum absolute atomic E-state index is 9.86. The standard InChI is InChI=1S/C4H6ClNO3/c1-2-9-6-3(5)4(7)8/h2H2,1H3,(H,7,8). The van der Waals surface area contributed by atoms with Crippen molar-refractivity contribution in [3.8, 4) is 0 Å². The average molecular weight is 152 g/mol. The zero-order valence-corrected chi connectivity index (χ0v) is 5.55. The lowest BCUT2D eigenvalue weighted by Crippen LogP contribution is -2.05. The van der Waals surface area contributed by atoms with Crippen LogP contribution in [0.25, 0.3) is 0 Å². The zero-order valence-electron chi connectivity index (χ0n) is 4.80. The maximum atomic E-state index is 9.86. The molecule has 0 bridgehead atoms. The molecule has 0 saturated heterocycles. The minimum atomic E-state index is -1.29. The van der Waals surface area contributed by atoms with Gasteiger partial charge in [0.2, 0.25) is 0 Å². The highest BCUT2D eigenvalue weighted by Gasteiger charge is 2.03. The highest BCUT2D eigenvalue weighted by molar-refractivity contribution is 6.81. The van der Waals surface area contributed by atoms with Crippen molar-refractivity contribution in [3.05, 3.63) is 0 Å². The van der Waals surface area contributed by atoms with Gasteiger partial charge in [0.1, 0.15) is 6.61 Å². The van der Waals surface area contributed by atoms with Crippen LogP contribution in [0, 0.1) is 0 Å². The molecule has 0 rings (SSSR count). The van der Waals surface area contributed by atoms with E-state index in [0.29, 0.717) is 6.61 Å². The Morgan fingerprint density at radius 2 is 2.44 bits per heavy atom. The third kappa shape index (κ3) is 3.78. The summed E-state index contributed by atoms with van der Waals surface area (Å²) in [7, 11) is 0. The largest absolute Gasteiger partial charge is 0.476 e. The molecule has 0 aromatic heterocycles. The highest BCUT2D eigenvalue weighted by Crippen LogP contribution is 1.86. The molecule has 0 unspecified atom stereocenters. The third-order valence-electron chi connectivity index (χ3n) is 0.450. The van der Waals surface area contributed by atoms with Crippen LogP contribution in [0.1, 0.15) is 6.92 Å². The normalized spacial score (nSPS) is 11.1. The second-order valence-corrected chi connectivity index (χ2v) is 1.46. The minimum Gasteiger partial charge on any atom is -0.476 e. The van der Waals surface area contributed by atoms with Crippen LogP contribution in [-0.4, -0.2) is 22.9 Å². The van der Waals surface area contributed by atoms with Gasteiger partial charge in [0.15, 0.2) is 0 Å². The summed E-state index contributed by atoms with van der Waals surface area (Å²) in [6.45, 7) is 1.99. The van der Waals surface area contributed by atoms with E-state index in [0.717, 1.165) is 0 Å². The Morgan fingerprint density at radius 1 is 1.89 bits per heavy atom. The molecular weight excluding hydrogens is 146 g/mol. The number of aliphatic carboxylic acids is 1. The molecular formula is C4H6ClNO3. The number of carbonyl (C=O) groups is 1. The quantitative estimate of drug-likeness (QED) is 0.476. The SMILES string of the molecule is CCON=C(Cl)C(=O)O. The topological polar surface area (TPSA) is 58.9 Å². The van der Waals surface area contributed by atoms with Crippen molar-refractivity contribution in [1.82, 2.24) is 0 Å². The van der Waals surface area contributed by atoms with Gasteiger partial charge in [-0.05, 0) is 6.92 Å². The fourth-order valence-corrected chi connectivity index (χ4v) is 0.209. The molecule has 0 saturated carbocycles. The third-order valence-corrected chi connectivity index (χ3v) is 0.681. The van der Waals surface area contributed by atoms with Crippen molar-refractivity contribution in [3.63, 3.8) is 0 Å². The molecule has 0 aliphatic rings. The minimum absolute atomic E-state index is 0.309. The summed E-state index contributed by atoms with van der Waals surface area (Å²) in [5.41, 5.74) is 0. The monoisotopic (exact) mass is 151 g/mol. The molecule has 5 heteroatoms. The lowest BCUT2D eigenvalue weighted by molar-refractivity contribution is -0.129. The number of hydrogen-bond donors (Lipinski definition) is 1. The zero-order chi connectivity index (χ0) is 7.28. The van der Waals surface area contributed by atoms with Crippen molar-refractivity contribution in [2.45, 2.75) is 6.92 Å². The van der Waals surface area contributed by atoms with Gasteiger partial charge in [-0.1, -0.05) is 16.8 Å². The highest BCUT2D eigenvalue weighted by atomic mass is 35.5. The van der Waals surface area contributed by atoms with Gasteiger partial charge in [-0.3, -0.25) is 0 Å². The van der Waals surface area contributed by atoms with Crippen molar-refractivity contribution < 1.29 is 14.7 Å². The van der Waals surface area contributed by atoms with Crippen LogP contribution in [0.15, 0.2) is 5.16 Å². The van der Waals surface area contributed by atoms with Crippen molar-refractivity contribution >= 4 is 22.7 Å². The summed E-state index contributed by atoms with van der Waals surface area (Å²) in [4.78, 5) is 14.2. The van der Waals surface area contributed by atoms with Crippen LogP contribution < -0.4 is 0 Å². The van der Waals surface area contributed by atoms with Gasteiger partial charge in [0.25, 0.3) is 5.17 Å². The van der Waals surface area contributed by atoms with Crippen LogP contribution in [-0.2, 0) is 9.63 Å². The van der Waals surface area contributed by atoms with Gasteiger partial charge in [0, 0.05) is 0 Å². The molecule has 0 atom stereocenters. The summed E-state index contributed by atoms with van der Waals surface area (Å²) >= 11 is 5.02. The first-order valence-corrected chi connectivity index (χ1v) is 2.65. The van der Waals surface area contributed by atoms with Gasteiger partial charge in [0.05, 0.1) is 0 Å². The lowest BCUT2D eigenvalue weighted by atomic mass is 10.8. The number of rotatable bonds is 3. The fraction of sp³-hybridized carbons (Fsp3) is 0.500. The van der Waals surface area contributed by atoms with Gasteiger partial charge in [-0.25, -0.2) is 4.79 Å². The van der Waals surface area contributed by atoms with Crippen molar-refractivity contribution in [2.75, 3.05) is 6.61 Å². The molecule has 52 valence electrons. The Morgan fingerprint density at radius 3 is 2.78 bits per heavy atom. The predicted molar refractivity (Wildman–Crippen MR) is 32.5 cm³/mol. The number of carboxylic acid groups (broad SMARTS) is 1. The fourth-order valence-electron chi connectivity index (χ4n) is 0.160. The van der Waals surface area contributed by atoms with Gasteiger partial charge in [-0.2, -0.15) is 0 Å². The van der Waals surface area contributed by atoms with Crippen molar-refractivity contribution in [2.24, 2.45) is 5.16 Å².